The third-order valence-corrected chi connectivity index (χ3v) is 2.17. The van der Waals surface area contributed by atoms with Gasteiger partial charge in [-0.3, -0.25) is 0 Å². The molecule has 0 fully saturated rings. The Morgan fingerprint density at radius 3 is 1.76 bits per heavy atom. The summed E-state index contributed by atoms with van der Waals surface area (Å²) >= 11 is 0. The third-order valence-electron chi connectivity index (χ3n) is 2.17. The number of nitriles is 2. The molecule has 2 aromatic rings. The van der Waals surface area contributed by atoms with Gasteiger partial charge >= 0.3 is 5.97 Å². The summed E-state index contributed by atoms with van der Waals surface area (Å²) in [7, 11) is 0. The Kier molecular flexibility index (Phi) is 6.34. The van der Waals surface area contributed by atoms with E-state index in [4.69, 9.17) is 15.6 Å². The molecule has 0 saturated heterocycles. The van der Waals surface area contributed by atoms with Gasteiger partial charge in [-0.25, -0.2) is 4.79 Å². The van der Waals surface area contributed by atoms with Gasteiger partial charge in [-0.2, -0.15) is 0 Å². The number of nitrogens with zero attached hydrogens (tertiary/aromatic N) is 2. The first kappa shape index (κ1) is 15.5. The Balaban J connectivity index is 0.000000219. The SMILES string of the molecule is N#COc1ccc(C(=O)O)cc1.N#COc1ccccc1. The van der Waals surface area contributed by atoms with Crippen LogP contribution in [0.25, 0.3) is 0 Å². The second kappa shape index (κ2) is 8.57. The van der Waals surface area contributed by atoms with Crippen LogP contribution in [-0.4, -0.2) is 11.1 Å². The zero-order valence-corrected chi connectivity index (χ0v) is 10.8. The number of hydrogen-bond acceptors (Lipinski definition) is 5. The smallest absolute Gasteiger partial charge is 0.335 e. The molecular weight excluding hydrogens is 272 g/mol. The number of ether oxygens (including phenoxy) is 2. The van der Waals surface area contributed by atoms with E-state index in [1.54, 1.807) is 18.4 Å². The molecule has 0 saturated carbocycles. The van der Waals surface area contributed by atoms with Crippen LogP contribution < -0.4 is 9.47 Å². The third kappa shape index (κ3) is 5.77. The fourth-order valence-electron chi connectivity index (χ4n) is 1.26. The molecule has 0 radical (unpaired) electrons. The van der Waals surface area contributed by atoms with Gasteiger partial charge in [-0.15, -0.1) is 10.5 Å². The van der Waals surface area contributed by atoms with Gasteiger partial charge in [0, 0.05) is 0 Å². The van der Waals surface area contributed by atoms with Crippen molar-refractivity contribution in [2.45, 2.75) is 0 Å². The van der Waals surface area contributed by atoms with Crippen LogP contribution in [0.4, 0.5) is 0 Å². The van der Waals surface area contributed by atoms with Crippen LogP contribution >= 0.6 is 0 Å². The van der Waals surface area contributed by atoms with E-state index in [0.29, 0.717) is 11.5 Å². The van der Waals surface area contributed by atoms with E-state index >= 15 is 0 Å². The fourth-order valence-corrected chi connectivity index (χ4v) is 1.26. The number of carbonyl (C=O) groups is 1. The van der Waals surface area contributed by atoms with Gasteiger partial charge in [0.25, 0.3) is 12.5 Å². The van der Waals surface area contributed by atoms with E-state index in [0.717, 1.165) is 0 Å². The normalized spacial score (nSPS) is 8.29. The van der Waals surface area contributed by atoms with E-state index in [-0.39, 0.29) is 5.56 Å². The van der Waals surface area contributed by atoms with Crippen LogP contribution in [0.1, 0.15) is 10.4 Å². The molecule has 21 heavy (non-hydrogen) atoms. The van der Waals surface area contributed by atoms with Crippen LogP contribution in [0.2, 0.25) is 0 Å². The van der Waals surface area contributed by atoms with Gasteiger partial charge in [-0.05, 0) is 36.4 Å². The minimum absolute atomic E-state index is 0.167. The molecule has 104 valence electrons. The molecule has 0 spiro atoms. The van der Waals surface area contributed by atoms with Crippen molar-refractivity contribution in [2.24, 2.45) is 0 Å². The number of hydrogen-bond donors (Lipinski definition) is 1. The Bertz CT molecular complexity index is 655. The first-order chi connectivity index (χ1) is 10.2. The van der Waals surface area contributed by atoms with Crippen LogP contribution in [0.3, 0.4) is 0 Å². The number of carboxylic acid groups (broad SMARTS) is 1. The summed E-state index contributed by atoms with van der Waals surface area (Å²) in [6, 6.07) is 14.5. The first-order valence-corrected chi connectivity index (χ1v) is 5.67. The highest BCUT2D eigenvalue weighted by Crippen LogP contribution is 2.11. The molecule has 0 amide bonds. The lowest BCUT2D eigenvalue weighted by molar-refractivity contribution is 0.0697. The van der Waals surface area contributed by atoms with Crippen molar-refractivity contribution in [1.29, 1.82) is 10.5 Å². The van der Waals surface area contributed by atoms with E-state index in [1.165, 1.54) is 30.5 Å². The molecule has 0 atom stereocenters. The predicted molar refractivity (Wildman–Crippen MR) is 72.3 cm³/mol. The van der Waals surface area contributed by atoms with Gasteiger partial charge in [0.05, 0.1) is 5.56 Å². The topological polar surface area (TPSA) is 103 Å². The van der Waals surface area contributed by atoms with Crippen LogP contribution in [0.15, 0.2) is 54.6 Å². The molecule has 0 heterocycles. The minimum Gasteiger partial charge on any atom is -0.478 e. The van der Waals surface area contributed by atoms with Crippen molar-refractivity contribution in [3.8, 4) is 24.0 Å². The summed E-state index contributed by atoms with van der Waals surface area (Å²) in [4.78, 5) is 10.4. The molecule has 6 heteroatoms. The molecule has 2 rings (SSSR count). The molecule has 0 unspecified atom stereocenters. The second-order valence-electron chi connectivity index (χ2n) is 3.53. The van der Waals surface area contributed by atoms with Crippen LogP contribution in [0, 0.1) is 23.0 Å². The Morgan fingerprint density at radius 2 is 1.33 bits per heavy atom. The highest BCUT2D eigenvalue weighted by Gasteiger charge is 2.01. The van der Waals surface area contributed by atoms with E-state index in [9.17, 15) is 4.79 Å². The van der Waals surface area contributed by atoms with E-state index < -0.39 is 5.97 Å². The average molecular weight is 282 g/mol. The van der Waals surface area contributed by atoms with Crippen molar-refractivity contribution in [3.63, 3.8) is 0 Å². The number of aromatic carboxylic acids is 1. The van der Waals surface area contributed by atoms with Gasteiger partial charge in [0.2, 0.25) is 0 Å². The van der Waals surface area contributed by atoms with Crippen molar-refractivity contribution in [3.05, 3.63) is 60.2 Å². The largest absolute Gasteiger partial charge is 0.478 e. The zero-order chi connectivity index (χ0) is 15.5. The lowest BCUT2D eigenvalue weighted by Crippen LogP contribution is -1.94. The van der Waals surface area contributed by atoms with Crippen molar-refractivity contribution >= 4 is 5.97 Å². The van der Waals surface area contributed by atoms with E-state index in [1.807, 2.05) is 18.2 Å². The second-order valence-corrected chi connectivity index (χ2v) is 3.53. The van der Waals surface area contributed by atoms with Crippen LogP contribution in [0.5, 0.6) is 11.5 Å². The van der Waals surface area contributed by atoms with Gasteiger partial charge < -0.3 is 14.6 Å². The Morgan fingerprint density at radius 1 is 0.857 bits per heavy atom. The quantitative estimate of drug-likeness (QED) is 0.868. The molecule has 6 nitrogen and oxygen atoms in total. The summed E-state index contributed by atoms with van der Waals surface area (Å²) in [6.07, 6.45) is 3.07. The van der Waals surface area contributed by atoms with Gasteiger partial charge in [0.15, 0.2) is 0 Å². The molecular formula is C15H10N2O4. The lowest BCUT2D eigenvalue weighted by atomic mass is 10.2. The fraction of sp³-hybridized carbons (Fsp3) is 0. The molecule has 0 aliphatic carbocycles. The Labute approximate surface area is 121 Å². The zero-order valence-electron chi connectivity index (χ0n) is 10.8. The summed E-state index contributed by atoms with van der Waals surface area (Å²) < 4.78 is 8.96. The maximum atomic E-state index is 10.4. The first-order valence-electron chi connectivity index (χ1n) is 5.67. The molecule has 0 aliphatic heterocycles. The summed E-state index contributed by atoms with van der Waals surface area (Å²) in [5.41, 5.74) is 0.167. The van der Waals surface area contributed by atoms with Crippen molar-refractivity contribution in [2.75, 3.05) is 0 Å². The lowest BCUT2D eigenvalue weighted by Gasteiger charge is -1.95. The minimum atomic E-state index is -1.00. The standard InChI is InChI=1S/C8H5NO3.C7H5NO/c9-5-12-7-3-1-6(2-4-7)8(10)11;8-6-9-7-4-2-1-3-5-7/h1-4H,(H,10,11);1-5H. The summed E-state index contributed by atoms with van der Waals surface area (Å²) in [6.45, 7) is 0. The maximum Gasteiger partial charge on any atom is 0.335 e. The monoisotopic (exact) mass is 282 g/mol. The predicted octanol–water partition coefficient (Wildman–Crippen LogP) is 2.79. The highest BCUT2D eigenvalue weighted by molar-refractivity contribution is 5.87. The van der Waals surface area contributed by atoms with Crippen molar-refractivity contribution in [1.82, 2.24) is 0 Å². The molecule has 0 bridgehead atoms. The Hall–Kier alpha value is -3.51. The highest BCUT2D eigenvalue weighted by atomic mass is 16.5. The number of para-hydroxylation sites is 1. The average Bonchev–Trinajstić information content (AvgIpc) is 2.50. The number of carboxylic acids is 1. The summed E-state index contributed by atoms with van der Waals surface area (Å²) in [5, 5.41) is 24.7. The van der Waals surface area contributed by atoms with Crippen LogP contribution in [-0.2, 0) is 0 Å². The van der Waals surface area contributed by atoms with Gasteiger partial charge in [-0.1, -0.05) is 18.2 Å². The summed E-state index contributed by atoms with van der Waals surface area (Å²) in [5.74, 6) is -0.0824. The van der Waals surface area contributed by atoms with Crippen molar-refractivity contribution < 1.29 is 19.4 Å². The maximum absolute atomic E-state index is 10.4. The number of rotatable bonds is 3. The van der Waals surface area contributed by atoms with E-state index in [2.05, 4.69) is 9.47 Å². The molecule has 0 aliphatic rings. The number of benzene rings is 2. The molecule has 2 aromatic carbocycles. The molecule has 0 aromatic heterocycles. The molecule has 1 N–H and O–H groups in total. The van der Waals surface area contributed by atoms with Gasteiger partial charge in [0.1, 0.15) is 11.5 Å².